The molecule has 1 aromatic rings. The molecule has 1 aromatic heterocycles. The van der Waals surface area contributed by atoms with Gasteiger partial charge in [-0.25, -0.2) is 4.98 Å². The molecule has 2 rings (SSSR count). The van der Waals surface area contributed by atoms with E-state index >= 15 is 0 Å². The summed E-state index contributed by atoms with van der Waals surface area (Å²) in [6.45, 7) is 8.92. The van der Waals surface area contributed by atoms with Crippen LogP contribution in [0.3, 0.4) is 0 Å². The Bertz CT molecular complexity index is 392. The van der Waals surface area contributed by atoms with Crippen molar-refractivity contribution in [1.82, 2.24) is 4.98 Å². The van der Waals surface area contributed by atoms with E-state index in [1.54, 1.807) is 0 Å². The number of hydrogen-bond donors (Lipinski definition) is 1. The summed E-state index contributed by atoms with van der Waals surface area (Å²) in [6.07, 6.45) is 5.63. The van der Waals surface area contributed by atoms with Crippen molar-refractivity contribution in [2.45, 2.75) is 46.1 Å². The van der Waals surface area contributed by atoms with Crippen molar-refractivity contribution in [3.63, 3.8) is 0 Å². The molecule has 2 N–H and O–H groups in total. The molecule has 3 nitrogen and oxygen atoms in total. The molecule has 1 fully saturated rings. The van der Waals surface area contributed by atoms with Gasteiger partial charge in [-0.15, -0.1) is 0 Å². The second-order valence-corrected chi connectivity index (χ2v) is 5.86. The molecule has 1 atom stereocenters. The van der Waals surface area contributed by atoms with Crippen molar-refractivity contribution in [2.75, 3.05) is 18.0 Å². The van der Waals surface area contributed by atoms with Gasteiger partial charge in [-0.2, -0.15) is 0 Å². The zero-order chi connectivity index (χ0) is 13.2. The van der Waals surface area contributed by atoms with Gasteiger partial charge in [0.1, 0.15) is 5.82 Å². The van der Waals surface area contributed by atoms with E-state index in [2.05, 4.69) is 29.8 Å². The van der Waals surface area contributed by atoms with E-state index in [-0.39, 0.29) is 6.04 Å². The topological polar surface area (TPSA) is 42.2 Å². The second-order valence-electron chi connectivity index (χ2n) is 5.86. The van der Waals surface area contributed by atoms with Crippen LogP contribution in [0.2, 0.25) is 0 Å². The molecule has 2 heterocycles. The summed E-state index contributed by atoms with van der Waals surface area (Å²) in [5.74, 6) is 1.09. The van der Waals surface area contributed by atoms with Crippen LogP contribution in [-0.4, -0.2) is 18.1 Å². The van der Waals surface area contributed by atoms with Gasteiger partial charge in [-0.05, 0) is 31.2 Å². The van der Waals surface area contributed by atoms with Crippen molar-refractivity contribution in [3.05, 3.63) is 23.9 Å². The molecule has 0 bridgehead atoms. The van der Waals surface area contributed by atoms with E-state index < -0.39 is 0 Å². The Morgan fingerprint density at radius 3 is 2.67 bits per heavy atom. The molecule has 0 unspecified atom stereocenters. The number of anilines is 1. The second kappa shape index (κ2) is 5.27. The molecule has 0 spiro atoms. The van der Waals surface area contributed by atoms with E-state index in [1.165, 1.54) is 19.3 Å². The highest BCUT2D eigenvalue weighted by Gasteiger charge is 2.29. The highest BCUT2D eigenvalue weighted by atomic mass is 15.2. The van der Waals surface area contributed by atoms with Crippen LogP contribution in [0.15, 0.2) is 18.3 Å². The third-order valence-electron chi connectivity index (χ3n) is 4.43. The normalized spacial score (nSPS) is 20.8. The smallest absolute Gasteiger partial charge is 0.133 e. The first-order valence-electron chi connectivity index (χ1n) is 7.01. The zero-order valence-corrected chi connectivity index (χ0v) is 11.8. The van der Waals surface area contributed by atoms with Gasteiger partial charge < -0.3 is 10.6 Å². The van der Waals surface area contributed by atoms with Crippen LogP contribution >= 0.6 is 0 Å². The first kappa shape index (κ1) is 13.3. The molecule has 1 saturated heterocycles. The molecule has 3 heteroatoms. The monoisotopic (exact) mass is 247 g/mol. The molecule has 1 aliphatic heterocycles. The van der Waals surface area contributed by atoms with E-state index in [1.807, 2.05) is 19.2 Å². The molecule has 0 radical (unpaired) electrons. The van der Waals surface area contributed by atoms with E-state index in [0.29, 0.717) is 5.41 Å². The predicted molar refractivity (Wildman–Crippen MR) is 76.7 cm³/mol. The Kier molecular flexibility index (Phi) is 3.91. The summed E-state index contributed by atoms with van der Waals surface area (Å²) in [7, 11) is 0. The van der Waals surface area contributed by atoms with E-state index in [9.17, 15) is 0 Å². The number of piperidine rings is 1. The number of nitrogens with two attached hydrogens (primary N) is 1. The average Bonchev–Trinajstić information content (AvgIpc) is 2.39. The maximum atomic E-state index is 6.03. The summed E-state index contributed by atoms with van der Waals surface area (Å²) < 4.78 is 0. The minimum Gasteiger partial charge on any atom is -0.356 e. The minimum absolute atomic E-state index is 0.0492. The van der Waals surface area contributed by atoms with Crippen molar-refractivity contribution >= 4 is 5.82 Å². The Labute approximate surface area is 110 Å². The molecular formula is C15H25N3. The fourth-order valence-corrected chi connectivity index (χ4v) is 2.64. The maximum absolute atomic E-state index is 6.03. The maximum Gasteiger partial charge on any atom is 0.133 e. The van der Waals surface area contributed by atoms with Crippen molar-refractivity contribution < 1.29 is 0 Å². The van der Waals surface area contributed by atoms with Crippen LogP contribution in [0, 0.1) is 5.41 Å². The average molecular weight is 247 g/mol. The fourth-order valence-electron chi connectivity index (χ4n) is 2.64. The van der Waals surface area contributed by atoms with Crippen LogP contribution < -0.4 is 10.6 Å². The van der Waals surface area contributed by atoms with Crippen LogP contribution in [0.4, 0.5) is 5.82 Å². The number of rotatable bonds is 3. The summed E-state index contributed by atoms with van der Waals surface area (Å²) >= 11 is 0. The molecule has 1 aliphatic rings. The third kappa shape index (κ3) is 2.66. The van der Waals surface area contributed by atoms with Crippen molar-refractivity contribution in [3.8, 4) is 0 Å². The summed E-state index contributed by atoms with van der Waals surface area (Å²) in [6, 6.07) is 4.12. The van der Waals surface area contributed by atoms with Gasteiger partial charge in [0.15, 0.2) is 0 Å². The number of aromatic nitrogens is 1. The van der Waals surface area contributed by atoms with Crippen LogP contribution in [0.1, 0.15) is 51.6 Å². The Hall–Kier alpha value is -1.09. The first-order chi connectivity index (χ1) is 8.56. The van der Waals surface area contributed by atoms with Gasteiger partial charge in [-0.1, -0.05) is 26.3 Å². The lowest BCUT2D eigenvalue weighted by molar-refractivity contribution is 0.237. The largest absolute Gasteiger partial charge is 0.356 e. The van der Waals surface area contributed by atoms with Crippen LogP contribution in [0.5, 0.6) is 0 Å². The van der Waals surface area contributed by atoms with Gasteiger partial charge >= 0.3 is 0 Å². The number of nitrogens with zero attached hydrogens (tertiary/aromatic N) is 2. The molecule has 0 saturated carbocycles. The van der Waals surface area contributed by atoms with Gasteiger partial charge in [0.25, 0.3) is 0 Å². The molecule has 0 aliphatic carbocycles. The van der Waals surface area contributed by atoms with Gasteiger partial charge in [0.2, 0.25) is 0 Å². The summed E-state index contributed by atoms with van der Waals surface area (Å²) in [5.41, 5.74) is 7.71. The van der Waals surface area contributed by atoms with Gasteiger partial charge in [0, 0.05) is 30.9 Å². The quantitative estimate of drug-likeness (QED) is 0.892. The molecule has 18 heavy (non-hydrogen) atoms. The van der Waals surface area contributed by atoms with Crippen LogP contribution in [0.25, 0.3) is 0 Å². The Balaban J connectivity index is 2.15. The molecule has 100 valence electrons. The van der Waals surface area contributed by atoms with Gasteiger partial charge in [-0.3, -0.25) is 0 Å². The molecule has 0 amide bonds. The lowest BCUT2D eigenvalue weighted by Crippen LogP contribution is -2.39. The third-order valence-corrected chi connectivity index (χ3v) is 4.43. The number of hydrogen-bond acceptors (Lipinski definition) is 3. The highest BCUT2D eigenvalue weighted by Crippen LogP contribution is 2.36. The van der Waals surface area contributed by atoms with Crippen molar-refractivity contribution in [1.29, 1.82) is 0 Å². The first-order valence-corrected chi connectivity index (χ1v) is 7.01. The molecule has 0 aromatic carbocycles. The predicted octanol–water partition coefficient (Wildman–Crippen LogP) is 3.12. The van der Waals surface area contributed by atoms with Crippen LogP contribution in [-0.2, 0) is 0 Å². The van der Waals surface area contributed by atoms with E-state index in [4.69, 9.17) is 5.73 Å². The Morgan fingerprint density at radius 1 is 1.44 bits per heavy atom. The standard InChI is InChI=1S/C15H25N3/c1-4-15(3)7-10-18(11-8-15)14-13(12(2)16)6-5-9-17-14/h5-6,9,12H,4,7-8,10-11,16H2,1-3H3/t12-/m1/s1. The van der Waals surface area contributed by atoms with Crippen molar-refractivity contribution in [2.24, 2.45) is 11.1 Å². The van der Waals surface area contributed by atoms with E-state index in [0.717, 1.165) is 24.5 Å². The zero-order valence-electron chi connectivity index (χ0n) is 11.8. The molecular weight excluding hydrogens is 222 g/mol. The Morgan fingerprint density at radius 2 is 2.11 bits per heavy atom. The lowest BCUT2D eigenvalue weighted by Gasteiger charge is -2.40. The van der Waals surface area contributed by atoms with Gasteiger partial charge in [0.05, 0.1) is 0 Å². The summed E-state index contributed by atoms with van der Waals surface area (Å²) in [5, 5.41) is 0. The highest BCUT2D eigenvalue weighted by molar-refractivity contribution is 5.48. The summed E-state index contributed by atoms with van der Waals surface area (Å²) in [4.78, 5) is 6.94. The lowest BCUT2D eigenvalue weighted by atomic mass is 9.78. The SMILES string of the molecule is CCC1(C)CCN(c2ncccc2[C@@H](C)N)CC1. The fraction of sp³-hybridized carbons (Fsp3) is 0.667. The minimum atomic E-state index is 0.0492. The number of pyridine rings is 1.